The minimum absolute atomic E-state index is 0.0217. The van der Waals surface area contributed by atoms with E-state index < -0.39 is 4.92 Å². The molecule has 1 amide bonds. The number of non-ortho nitro benzene ring substituents is 1. The van der Waals surface area contributed by atoms with Crippen LogP contribution in [0.5, 0.6) is 0 Å². The topological polar surface area (TPSA) is 135 Å². The largest absolute Gasteiger partial charge is 0.464 e. The van der Waals surface area contributed by atoms with Gasteiger partial charge in [0.05, 0.1) is 16.3 Å². The van der Waals surface area contributed by atoms with Gasteiger partial charge in [0.1, 0.15) is 12.3 Å². The number of aryl methyl sites for hydroxylation is 1. The van der Waals surface area contributed by atoms with E-state index in [1.54, 1.807) is 32.0 Å². The van der Waals surface area contributed by atoms with Crippen LogP contribution in [0.4, 0.5) is 28.4 Å². The lowest BCUT2D eigenvalue weighted by molar-refractivity contribution is -0.384. The van der Waals surface area contributed by atoms with E-state index in [2.05, 4.69) is 20.9 Å². The first-order valence-corrected chi connectivity index (χ1v) is 9.28. The first-order valence-electron chi connectivity index (χ1n) is 9.28. The molecule has 2 aromatic rings. The van der Waals surface area contributed by atoms with Crippen LogP contribution in [0.25, 0.3) is 0 Å². The Morgan fingerprint density at radius 1 is 1.13 bits per heavy atom. The molecule has 0 saturated carbocycles. The minimum Gasteiger partial charge on any atom is -0.464 e. The summed E-state index contributed by atoms with van der Waals surface area (Å²) in [4.78, 5) is 33.1. The van der Waals surface area contributed by atoms with Crippen LogP contribution in [0.3, 0.4) is 0 Å². The first kappa shape index (κ1) is 22.5. The number of azo groups is 1. The van der Waals surface area contributed by atoms with E-state index in [1.165, 1.54) is 25.1 Å². The monoisotopic (exact) mass is 413 g/mol. The third-order valence-corrected chi connectivity index (χ3v) is 3.98. The van der Waals surface area contributed by atoms with Gasteiger partial charge < -0.3 is 15.4 Å². The van der Waals surface area contributed by atoms with E-state index in [1.807, 2.05) is 0 Å². The Morgan fingerprint density at radius 2 is 1.83 bits per heavy atom. The highest BCUT2D eigenvalue weighted by molar-refractivity contribution is 5.94. The van der Waals surface area contributed by atoms with E-state index >= 15 is 0 Å². The van der Waals surface area contributed by atoms with Gasteiger partial charge >= 0.3 is 5.97 Å². The Balaban J connectivity index is 2.22. The molecular weight excluding hydrogens is 390 g/mol. The molecule has 0 heterocycles. The Labute approximate surface area is 173 Å². The molecule has 0 bridgehead atoms. The van der Waals surface area contributed by atoms with Crippen molar-refractivity contribution in [3.63, 3.8) is 0 Å². The summed E-state index contributed by atoms with van der Waals surface area (Å²) in [5.41, 5.74) is 2.67. The molecule has 0 spiro atoms. The highest BCUT2D eigenvalue weighted by Crippen LogP contribution is 2.31. The van der Waals surface area contributed by atoms with Gasteiger partial charge in [0.2, 0.25) is 5.91 Å². The fraction of sp³-hybridized carbons (Fsp3) is 0.300. The van der Waals surface area contributed by atoms with E-state index in [0.717, 1.165) is 0 Å². The van der Waals surface area contributed by atoms with Crippen molar-refractivity contribution in [2.75, 3.05) is 23.8 Å². The van der Waals surface area contributed by atoms with Gasteiger partial charge in [-0.1, -0.05) is 6.92 Å². The van der Waals surface area contributed by atoms with Crippen molar-refractivity contribution in [1.82, 2.24) is 0 Å². The molecule has 30 heavy (non-hydrogen) atoms. The number of hydrogen-bond acceptors (Lipinski definition) is 8. The number of carbonyl (C=O) groups excluding carboxylic acids is 2. The van der Waals surface area contributed by atoms with Crippen LogP contribution in [-0.4, -0.2) is 30.0 Å². The maximum absolute atomic E-state index is 11.9. The van der Waals surface area contributed by atoms with Crippen molar-refractivity contribution < 1.29 is 19.2 Å². The van der Waals surface area contributed by atoms with Gasteiger partial charge in [0.15, 0.2) is 0 Å². The van der Waals surface area contributed by atoms with Gasteiger partial charge in [-0.2, -0.15) is 5.11 Å². The number of hydrogen-bond donors (Lipinski definition) is 2. The van der Waals surface area contributed by atoms with E-state index in [9.17, 15) is 19.7 Å². The summed E-state index contributed by atoms with van der Waals surface area (Å²) in [7, 11) is 0. The molecule has 0 unspecified atom stereocenters. The summed E-state index contributed by atoms with van der Waals surface area (Å²) in [6, 6.07) is 9.45. The van der Waals surface area contributed by atoms with E-state index in [-0.39, 0.29) is 24.2 Å². The van der Waals surface area contributed by atoms with Crippen LogP contribution < -0.4 is 10.6 Å². The van der Waals surface area contributed by atoms with Crippen molar-refractivity contribution in [2.45, 2.75) is 27.2 Å². The van der Waals surface area contributed by atoms with Crippen LogP contribution in [0, 0.1) is 17.0 Å². The number of nitrogens with zero attached hydrogens (tertiary/aromatic N) is 3. The third kappa shape index (κ3) is 6.66. The molecule has 0 aromatic heterocycles. The Bertz CT molecular complexity index is 974. The Morgan fingerprint density at radius 3 is 2.47 bits per heavy atom. The van der Waals surface area contributed by atoms with Gasteiger partial charge in [0, 0.05) is 37.7 Å². The molecule has 158 valence electrons. The van der Waals surface area contributed by atoms with Crippen LogP contribution in [0.2, 0.25) is 0 Å². The van der Waals surface area contributed by atoms with E-state index in [4.69, 9.17) is 4.74 Å². The van der Waals surface area contributed by atoms with Gasteiger partial charge in [-0.05, 0) is 36.8 Å². The average molecular weight is 413 g/mol. The van der Waals surface area contributed by atoms with E-state index in [0.29, 0.717) is 41.3 Å². The highest BCUT2D eigenvalue weighted by Gasteiger charge is 2.10. The number of esters is 1. The van der Waals surface area contributed by atoms with Gasteiger partial charge in [-0.25, -0.2) is 0 Å². The molecule has 10 nitrogen and oxygen atoms in total. The number of benzene rings is 2. The van der Waals surface area contributed by atoms with Crippen LogP contribution in [0.15, 0.2) is 46.6 Å². The second-order valence-corrected chi connectivity index (χ2v) is 6.33. The smallest absolute Gasteiger partial charge is 0.302 e. The Kier molecular flexibility index (Phi) is 7.98. The average Bonchev–Trinajstić information content (AvgIpc) is 2.70. The fourth-order valence-electron chi connectivity index (χ4n) is 2.44. The molecule has 0 saturated heterocycles. The number of nitro benzene ring substituents is 1. The molecule has 0 aliphatic rings. The number of nitro groups is 1. The maximum atomic E-state index is 11.9. The summed E-state index contributed by atoms with van der Waals surface area (Å²) in [5.74, 6) is -0.542. The summed E-state index contributed by atoms with van der Waals surface area (Å²) in [6.07, 6.45) is 0.294. The number of rotatable bonds is 9. The van der Waals surface area contributed by atoms with Gasteiger partial charge in [-0.3, -0.25) is 19.7 Å². The molecular formula is C20H23N5O5. The lowest BCUT2D eigenvalue weighted by Gasteiger charge is -2.11. The van der Waals surface area contributed by atoms with Crippen molar-refractivity contribution in [2.24, 2.45) is 10.2 Å². The second kappa shape index (κ2) is 10.6. The summed E-state index contributed by atoms with van der Waals surface area (Å²) in [5, 5.41) is 25.1. The number of anilines is 2. The molecule has 2 aromatic carbocycles. The number of ether oxygens (including phenoxy) is 1. The van der Waals surface area contributed by atoms with Crippen molar-refractivity contribution in [3.8, 4) is 0 Å². The molecule has 0 radical (unpaired) electrons. The van der Waals surface area contributed by atoms with Crippen molar-refractivity contribution >= 4 is 40.3 Å². The zero-order chi connectivity index (χ0) is 22.1. The molecule has 0 atom stereocenters. The highest BCUT2D eigenvalue weighted by atomic mass is 16.6. The van der Waals surface area contributed by atoms with Crippen molar-refractivity contribution in [1.29, 1.82) is 0 Å². The fourth-order valence-corrected chi connectivity index (χ4v) is 2.44. The number of nitrogens with one attached hydrogen (secondary N) is 2. The predicted octanol–water partition coefficient (Wildman–Crippen LogP) is 4.64. The standard InChI is InChI=1S/C20H23N5O5/c1-4-20(27)22-19-12-15(21-9-10-30-14(3)26)5-7-18(19)24-23-17-8-6-16(25(28)29)11-13(17)2/h5-8,11-12,21H,4,9-10H2,1-3H3,(H,22,27). The number of amides is 1. The first-order chi connectivity index (χ1) is 14.3. The molecule has 0 aliphatic carbocycles. The zero-order valence-corrected chi connectivity index (χ0v) is 17.0. The maximum Gasteiger partial charge on any atom is 0.302 e. The summed E-state index contributed by atoms with van der Waals surface area (Å²) >= 11 is 0. The van der Waals surface area contributed by atoms with Gasteiger partial charge in [0.25, 0.3) is 5.69 Å². The molecule has 0 fully saturated rings. The lowest BCUT2D eigenvalue weighted by atomic mass is 10.2. The van der Waals surface area contributed by atoms with Crippen LogP contribution in [0.1, 0.15) is 25.8 Å². The molecule has 2 rings (SSSR count). The Hall–Kier alpha value is -3.82. The third-order valence-electron chi connectivity index (χ3n) is 3.98. The quantitative estimate of drug-likeness (QED) is 0.202. The van der Waals surface area contributed by atoms with Gasteiger partial charge in [-0.15, -0.1) is 5.11 Å². The zero-order valence-electron chi connectivity index (χ0n) is 17.0. The second-order valence-electron chi connectivity index (χ2n) is 6.33. The SMILES string of the molecule is CCC(=O)Nc1cc(NCCOC(C)=O)ccc1N=Nc1ccc([N+](=O)[O-])cc1C. The molecule has 0 aliphatic heterocycles. The minimum atomic E-state index is -0.473. The summed E-state index contributed by atoms with van der Waals surface area (Å²) in [6.45, 7) is 5.40. The molecule has 2 N–H and O–H groups in total. The van der Waals surface area contributed by atoms with Crippen LogP contribution >= 0.6 is 0 Å². The summed E-state index contributed by atoms with van der Waals surface area (Å²) < 4.78 is 4.87. The molecule has 10 heteroatoms. The lowest BCUT2D eigenvalue weighted by Crippen LogP contribution is -2.13. The normalized spacial score (nSPS) is 10.6. The number of carbonyl (C=O) groups is 2. The van der Waals surface area contributed by atoms with Crippen molar-refractivity contribution in [3.05, 3.63) is 52.1 Å². The van der Waals surface area contributed by atoms with Crippen LogP contribution in [-0.2, 0) is 14.3 Å². The predicted molar refractivity (Wildman–Crippen MR) is 112 cm³/mol.